The number of amides is 2. The van der Waals surface area contributed by atoms with E-state index in [0.29, 0.717) is 5.56 Å². The first-order valence-corrected chi connectivity index (χ1v) is 12.4. The van der Waals surface area contributed by atoms with Gasteiger partial charge in [-0.15, -0.1) is 0 Å². The van der Waals surface area contributed by atoms with Crippen molar-refractivity contribution in [3.05, 3.63) is 119 Å². The Morgan fingerprint density at radius 1 is 0.833 bits per heavy atom. The molecule has 0 radical (unpaired) electrons. The first kappa shape index (κ1) is 23.6. The highest BCUT2D eigenvalue weighted by molar-refractivity contribution is 6.03. The summed E-state index contributed by atoms with van der Waals surface area (Å²) in [6.45, 7) is 7.88. The van der Waals surface area contributed by atoms with E-state index >= 15 is 0 Å². The number of para-hydroxylation sites is 2. The van der Waals surface area contributed by atoms with E-state index in [9.17, 15) is 9.59 Å². The van der Waals surface area contributed by atoms with Crippen LogP contribution in [0.2, 0.25) is 0 Å². The summed E-state index contributed by atoms with van der Waals surface area (Å²) in [5, 5.41) is 0. The monoisotopic (exact) mass is 477 g/mol. The highest BCUT2D eigenvalue weighted by Crippen LogP contribution is 2.42. The molecule has 0 aliphatic carbocycles. The van der Waals surface area contributed by atoms with Gasteiger partial charge in [0, 0.05) is 17.8 Å². The van der Waals surface area contributed by atoms with Crippen LogP contribution in [0.5, 0.6) is 0 Å². The largest absolute Gasteiger partial charge is 0.327 e. The van der Waals surface area contributed by atoms with E-state index < -0.39 is 0 Å². The molecule has 0 N–H and O–H groups in total. The molecule has 1 aliphatic rings. The van der Waals surface area contributed by atoms with Crippen molar-refractivity contribution in [2.45, 2.75) is 39.8 Å². The second-order valence-corrected chi connectivity index (χ2v) is 9.71. The van der Waals surface area contributed by atoms with E-state index in [-0.39, 0.29) is 30.4 Å². The van der Waals surface area contributed by atoms with Crippen molar-refractivity contribution in [3.8, 4) is 5.69 Å². The summed E-state index contributed by atoms with van der Waals surface area (Å²) in [7, 11) is 0. The van der Waals surface area contributed by atoms with Gasteiger partial charge in [-0.2, -0.15) is 0 Å². The van der Waals surface area contributed by atoms with Gasteiger partial charge in [0.2, 0.25) is 5.91 Å². The normalized spacial score (nSPS) is 14.4. The summed E-state index contributed by atoms with van der Waals surface area (Å²) < 4.78 is 2.16. The van der Waals surface area contributed by atoms with Gasteiger partial charge in [0.15, 0.2) is 0 Å². The molecule has 4 aromatic rings. The molecule has 182 valence electrons. The van der Waals surface area contributed by atoms with Gasteiger partial charge in [-0.05, 0) is 69.2 Å². The first-order chi connectivity index (χ1) is 17.4. The van der Waals surface area contributed by atoms with Gasteiger partial charge in [-0.1, -0.05) is 60.2 Å². The van der Waals surface area contributed by atoms with Crippen molar-refractivity contribution in [2.75, 3.05) is 11.4 Å². The van der Waals surface area contributed by atoms with Crippen molar-refractivity contribution in [3.63, 3.8) is 0 Å². The van der Waals surface area contributed by atoms with Gasteiger partial charge < -0.3 is 9.47 Å². The average molecular weight is 478 g/mol. The van der Waals surface area contributed by atoms with E-state index in [4.69, 9.17) is 0 Å². The molecular formula is C31H31N3O2. The maximum atomic E-state index is 14.2. The second-order valence-electron chi connectivity index (χ2n) is 9.71. The van der Waals surface area contributed by atoms with Gasteiger partial charge >= 0.3 is 0 Å². The number of carbonyl (C=O) groups is 2. The fourth-order valence-corrected chi connectivity index (χ4v) is 5.00. The smallest absolute Gasteiger partial charge is 0.254 e. The molecule has 2 amide bonds. The SMILES string of the molecule is Cc1ccc(C2c3cccn3-c3ccccc3N2C(=O)CN(C(=O)c2ccccc2C)C(C)C)cc1. The maximum Gasteiger partial charge on any atom is 0.254 e. The van der Waals surface area contributed by atoms with Crippen LogP contribution in [0.1, 0.15) is 52.6 Å². The summed E-state index contributed by atoms with van der Waals surface area (Å²) in [5.74, 6) is -0.242. The standard InChI is InChI=1S/C31H31N3O2/c1-21(2)33(31(36)25-11-6-5-10-23(25)4)20-29(35)34-27-13-8-7-12-26(27)32-19-9-14-28(32)30(34)24-17-15-22(3)16-18-24/h5-19,21,30H,20H2,1-4H3. The molecule has 1 aromatic heterocycles. The zero-order valence-electron chi connectivity index (χ0n) is 21.2. The van der Waals surface area contributed by atoms with Crippen LogP contribution >= 0.6 is 0 Å². The van der Waals surface area contributed by atoms with Gasteiger partial charge in [0.1, 0.15) is 12.6 Å². The maximum absolute atomic E-state index is 14.2. The van der Waals surface area contributed by atoms with Gasteiger partial charge in [0.25, 0.3) is 5.91 Å². The molecule has 0 saturated heterocycles. The number of carbonyl (C=O) groups excluding carboxylic acids is 2. The molecule has 0 saturated carbocycles. The second kappa shape index (κ2) is 9.50. The molecule has 2 heterocycles. The third-order valence-corrected chi connectivity index (χ3v) is 6.95. The van der Waals surface area contributed by atoms with Crippen LogP contribution in [0.25, 0.3) is 5.69 Å². The van der Waals surface area contributed by atoms with E-state index in [1.165, 1.54) is 0 Å². The molecule has 1 unspecified atom stereocenters. The minimum atomic E-state index is -0.300. The van der Waals surface area contributed by atoms with Gasteiger partial charge in [0.05, 0.1) is 17.1 Å². The lowest BCUT2D eigenvalue weighted by molar-refractivity contribution is -0.120. The quantitative estimate of drug-likeness (QED) is 0.350. The Hall–Kier alpha value is -4.12. The molecule has 36 heavy (non-hydrogen) atoms. The van der Waals surface area contributed by atoms with Crippen molar-refractivity contribution in [2.24, 2.45) is 0 Å². The van der Waals surface area contributed by atoms with Crippen LogP contribution in [0.4, 0.5) is 5.69 Å². The van der Waals surface area contributed by atoms with Crippen LogP contribution in [-0.2, 0) is 4.79 Å². The molecule has 5 heteroatoms. The lowest BCUT2D eigenvalue weighted by atomic mass is 9.97. The fourth-order valence-electron chi connectivity index (χ4n) is 5.00. The zero-order valence-corrected chi connectivity index (χ0v) is 21.2. The predicted octanol–water partition coefficient (Wildman–Crippen LogP) is 6.08. The summed E-state index contributed by atoms with van der Waals surface area (Å²) in [5.41, 5.74) is 6.54. The van der Waals surface area contributed by atoms with E-state index in [0.717, 1.165) is 33.8 Å². The predicted molar refractivity (Wildman–Crippen MR) is 144 cm³/mol. The van der Waals surface area contributed by atoms with E-state index in [1.54, 1.807) is 4.90 Å². The molecule has 0 spiro atoms. The van der Waals surface area contributed by atoms with Crippen molar-refractivity contribution in [1.82, 2.24) is 9.47 Å². The van der Waals surface area contributed by atoms with Crippen LogP contribution in [-0.4, -0.2) is 33.9 Å². The highest BCUT2D eigenvalue weighted by Gasteiger charge is 2.37. The van der Waals surface area contributed by atoms with Crippen LogP contribution in [0, 0.1) is 13.8 Å². The topological polar surface area (TPSA) is 45.6 Å². The average Bonchev–Trinajstić information content (AvgIpc) is 3.37. The molecule has 1 aliphatic heterocycles. The Morgan fingerprint density at radius 2 is 1.50 bits per heavy atom. The molecular weight excluding hydrogens is 446 g/mol. The van der Waals surface area contributed by atoms with Crippen LogP contribution < -0.4 is 4.90 Å². The van der Waals surface area contributed by atoms with Crippen LogP contribution in [0.3, 0.4) is 0 Å². The minimum absolute atomic E-state index is 0.0117. The Balaban J connectivity index is 1.58. The fraction of sp³-hybridized carbons (Fsp3) is 0.226. The summed E-state index contributed by atoms with van der Waals surface area (Å²) in [6.07, 6.45) is 2.04. The molecule has 5 nitrogen and oxygen atoms in total. The number of aromatic nitrogens is 1. The third kappa shape index (κ3) is 4.11. The number of rotatable bonds is 5. The number of benzene rings is 3. The number of fused-ring (bicyclic) bond motifs is 3. The van der Waals surface area contributed by atoms with E-state index in [1.807, 2.05) is 86.5 Å². The zero-order chi connectivity index (χ0) is 25.4. The Morgan fingerprint density at radius 3 is 2.19 bits per heavy atom. The Labute approximate surface area is 212 Å². The molecule has 0 fully saturated rings. The number of nitrogens with zero attached hydrogens (tertiary/aromatic N) is 3. The van der Waals surface area contributed by atoms with Crippen molar-refractivity contribution >= 4 is 17.5 Å². The molecule has 5 rings (SSSR count). The minimum Gasteiger partial charge on any atom is -0.327 e. The third-order valence-electron chi connectivity index (χ3n) is 6.95. The van der Waals surface area contributed by atoms with Gasteiger partial charge in [-0.25, -0.2) is 0 Å². The number of aryl methyl sites for hydroxylation is 2. The summed E-state index contributed by atoms with van der Waals surface area (Å²) in [4.78, 5) is 31.3. The number of hydrogen-bond acceptors (Lipinski definition) is 2. The summed E-state index contributed by atoms with van der Waals surface area (Å²) in [6, 6.07) is 27.5. The number of hydrogen-bond donors (Lipinski definition) is 0. The summed E-state index contributed by atoms with van der Waals surface area (Å²) >= 11 is 0. The van der Waals surface area contributed by atoms with Gasteiger partial charge in [-0.3, -0.25) is 14.5 Å². The van der Waals surface area contributed by atoms with Crippen LogP contribution in [0.15, 0.2) is 91.1 Å². The lowest BCUT2D eigenvalue weighted by Gasteiger charge is -2.40. The lowest BCUT2D eigenvalue weighted by Crippen LogP contribution is -2.48. The van der Waals surface area contributed by atoms with Crippen molar-refractivity contribution < 1.29 is 9.59 Å². The molecule has 3 aromatic carbocycles. The number of anilines is 1. The van der Waals surface area contributed by atoms with E-state index in [2.05, 4.69) is 41.8 Å². The Kier molecular flexibility index (Phi) is 6.23. The Bertz CT molecular complexity index is 1420. The van der Waals surface area contributed by atoms with Crippen molar-refractivity contribution in [1.29, 1.82) is 0 Å². The first-order valence-electron chi connectivity index (χ1n) is 12.4. The molecule has 0 bridgehead atoms. The highest BCUT2D eigenvalue weighted by atomic mass is 16.2. The molecule has 1 atom stereocenters.